The fourth-order valence-electron chi connectivity index (χ4n) is 9.24. The number of aliphatic hydroxyl groups excluding tert-OH is 8. The van der Waals surface area contributed by atoms with Crippen molar-refractivity contribution < 1.29 is 89.9 Å². The molecular weight excluding hydrogens is 792 g/mol. The Balaban J connectivity index is 1.46. The van der Waals surface area contributed by atoms with Crippen LogP contribution >= 0.6 is 0 Å². The molecule has 60 heavy (non-hydrogen) atoms. The maximum Gasteiger partial charge on any atom is 0.335 e. The molecule has 18 heteroatoms. The summed E-state index contributed by atoms with van der Waals surface area (Å²) < 4.78 is 11.7. The lowest BCUT2D eigenvalue weighted by Gasteiger charge is -2.43. The number of benzene rings is 4. The molecule has 0 aromatic heterocycles. The van der Waals surface area contributed by atoms with Crippen molar-refractivity contribution in [2.24, 2.45) is 0 Å². The average molecular weight is 831 g/mol. The van der Waals surface area contributed by atoms with Crippen molar-refractivity contribution in [3.8, 4) is 11.5 Å². The molecule has 0 saturated carbocycles. The normalized spacial score (nSPS) is 30.8. The van der Waals surface area contributed by atoms with Gasteiger partial charge in [0, 0.05) is 23.0 Å². The first-order valence-corrected chi connectivity index (χ1v) is 18.7. The predicted octanol–water partition coefficient (Wildman–Crippen LogP) is -0.423. The fraction of sp³-hybridized carbons (Fsp3) is 0.333. The van der Waals surface area contributed by atoms with Crippen molar-refractivity contribution in [3.05, 3.63) is 127 Å². The van der Waals surface area contributed by atoms with Gasteiger partial charge in [0.15, 0.2) is 11.6 Å². The number of fused-ring (bicyclic) bond motifs is 4. The van der Waals surface area contributed by atoms with Gasteiger partial charge in [-0.15, -0.1) is 0 Å². The SMILES string of the molecule is O=C(O)c1cc(O)c2c(c1)[C@H]([C@H]1c3cc(C(=O)O)cc(O)c3C(=O)c3c1cccc3[C@@H]1O[C@H](CO)[C@@H](O)[C@H](O)[C@H]1O)c1cccc([C@@H]3O[C@H](CO)[C@@H](O)[C@H](O)[C@H]3O)c1C2=O. The molecule has 2 saturated heterocycles. The van der Waals surface area contributed by atoms with E-state index in [-0.39, 0.29) is 44.5 Å². The highest BCUT2D eigenvalue weighted by Crippen LogP contribution is 2.56. The first kappa shape index (κ1) is 41.1. The second kappa shape index (κ2) is 15.1. The van der Waals surface area contributed by atoms with Crippen LogP contribution in [0.5, 0.6) is 11.5 Å². The zero-order chi connectivity index (χ0) is 43.2. The van der Waals surface area contributed by atoms with Crippen molar-refractivity contribution in [2.75, 3.05) is 13.2 Å². The maximum atomic E-state index is 14.8. The summed E-state index contributed by atoms with van der Waals surface area (Å²) in [5, 5.41) is 128. The van der Waals surface area contributed by atoms with Crippen LogP contribution in [0.15, 0.2) is 60.7 Å². The molecule has 2 fully saturated rings. The van der Waals surface area contributed by atoms with E-state index in [9.17, 15) is 80.5 Å². The second-order valence-corrected chi connectivity index (χ2v) is 15.3. The molecule has 0 amide bonds. The number of ether oxygens (including phenoxy) is 2. The third-order valence-corrected chi connectivity index (χ3v) is 12.0. The van der Waals surface area contributed by atoms with Gasteiger partial charge >= 0.3 is 11.9 Å². The number of hydrogen-bond donors (Lipinski definition) is 12. The summed E-state index contributed by atoms with van der Waals surface area (Å²) in [6.07, 6.45) is -17.1. The Hall–Kier alpha value is -5.64. The van der Waals surface area contributed by atoms with Gasteiger partial charge in [0.05, 0.1) is 35.5 Å². The standard InChI is InChI=1S/C42H38O18/c43-11-23-31(47)35(51)37(53)39(59-23)17-5-1-3-15-25(19-7-13(41(55)56)9-21(45)29(19)33(49)27(15)17)26-16-4-2-6-18(40-38(54)36(52)32(48)24(12-44)60-40)28(16)34(50)30-20(26)8-14(42(57)58)10-22(30)46/h1-10,23-26,31-32,35-40,43-48,51-54H,11-12H2,(H,55,56)(H,57,58)/t23-,24-,25-,26-,31-,32-,35+,36+,37-,38-,39+,40+/m1/s1. The van der Waals surface area contributed by atoms with Gasteiger partial charge in [0.25, 0.3) is 0 Å². The number of aromatic carboxylic acids is 2. The summed E-state index contributed by atoms with van der Waals surface area (Å²) in [6.45, 7) is -1.63. The van der Waals surface area contributed by atoms with Crippen LogP contribution in [0.25, 0.3) is 0 Å². The topological polar surface area (TPSA) is 329 Å². The van der Waals surface area contributed by atoms with E-state index in [1.54, 1.807) is 0 Å². The number of ketones is 2. The van der Waals surface area contributed by atoms with Gasteiger partial charge in [-0.2, -0.15) is 0 Å². The summed E-state index contributed by atoms with van der Waals surface area (Å²) >= 11 is 0. The van der Waals surface area contributed by atoms with Gasteiger partial charge in [-0.05, 0) is 57.6 Å². The number of carbonyl (C=O) groups is 4. The minimum Gasteiger partial charge on any atom is -0.507 e. The van der Waals surface area contributed by atoms with Gasteiger partial charge in [-0.1, -0.05) is 36.4 Å². The summed E-state index contributed by atoms with van der Waals surface area (Å²) in [4.78, 5) is 54.5. The van der Waals surface area contributed by atoms with Crippen molar-refractivity contribution in [2.45, 2.75) is 72.9 Å². The third kappa shape index (κ3) is 6.11. The summed E-state index contributed by atoms with van der Waals surface area (Å²) in [7, 11) is 0. The highest BCUT2D eigenvalue weighted by atomic mass is 16.6. The Morgan fingerprint density at radius 1 is 0.483 bits per heavy atom. The lowest BCUT2D eigenvalue weighted by molar-refractivity contribution is -0.231. The van der Waals surface area contributed by atoms with E-state index in [0.717, 1.165) is 24.3 Å². The molecule has 18 nitrogen and oxygen atoms in total. The molecule has 8 rings (SSSR count). The number of carbonyl (C=O) groups excluding carboxylic acids is 2. The Bertz CT molecular complexity index is 2290. The zero-order valence-corrected chi connectivity index (χ0v) is 30.9. The van der Waals surface area contributed by atoms with Crippen LogP contribution in [0.4, 0.5) is 0 Å². The van der Waals surface area contributed by atoms with E-state index in [0.29, 0.717) is 0 Å². The number of hydrogen-bond acceptors (Lipinski definition) is 16. The molecule has 0 spiro atoms. The molecule has 12 N–H and O–H groups in total. The van der Waals surface area contributed by atoms with Gasteiger partial charge in [-0.3, -0.25) is 9.59 Å². The van der Waals surface area contributed by atoms with Crippen LogP contribution in [0.2, 0.25) is 0 Å². The maximum absolute atomic E-state index is 14.8. The third-order valence-electron chi connectivity index (χ3n) is 12.0. The van der Waals surface area contributed by atoms with E-state index in [2.05, 4.69) is 0 Å². The number of phenolic OH excluding ortho intramolecular Hbond substituents is 2. The van der Waals surface area contributed by atoms with Gasteiger partial charge in [-0.25, -0.2) is 9.59 Å². The molecule has 0 bridgehead atoms. The zero-order valence-electron chi connectivity index (χ0n) is 30.9. The van der Waals surface area contributed by atoms with Crippen molar-refractivity contribution in [1.82, 2.24) is 0 Å². The van der Waals surface area contributed by atoms with Crippen LogP contribution in [0.1, 0.15) is 110 Å². The summed E-state index contributed by atoms with van der Waals surface area (Å²) in [5.41, 5.74) is -2.75. The second-order valence-electron chi connectivity index (χ2n) is 15.3. The van der Waals surface area contributed by atoms with E-state index in [1.807, 2.05) is 0 Å². The number of carboxylic acids is 2. The smallest absolute Gasteiger partial charge is 0.335 e. The van der Waals surface area contributed by atoms with E-state index < -0.39 is 143 Å². The van der Waals surface area contributed by atoms with E-state index in [1.165, 1.54) is 36.4 Å². The quantitative estimate of drug-likeness (QED) is 0.112. The Morgan fingerprint density at radius 3 is 1.17 bits per heavy atom. The lowest BCUT2D eigenvalue weighted by Crippen LogP contribution is -2.55. The molecule has 2 heterocycles. The number of aliphatic hydroxyl groups is 8. The molecule has 4 aromatic carbocycles. The predicted molar refractivity (Wildman–Crippen MR) is 199 cm³/mol. The number of rotatable bonds is 7. The average Bonchev–Trinajstić information content (AvgIpc) is 3.22. The summed E-state index contributed by atoms with van der Waals surface area (Å²) in [5.74, 6) is -9.25. The van der Waals surface area contributed by atoms with Crippen LogP contribution in [-0.4, -0.2) is 147 Å². The Labute approximate surface area is 338 Å². The molecule has 0 radical (unpaired) electrons. The van der Waals surface area contributed by atoms with Crippen LogP contribution in [0.3, 0.4) is 0 Å². The lowest BCUT2D eigenvalue weighted by atomic mass is 9.62. The monoisotopic (exact) mass is 830 g/mol. The van der Waals surface area contributed by atoms with Crippen LogP contribution < -0.4 is 0 Å². The molecule has 2 aliphatic carbocycles. The van der Waals surface area contributed by atoms with Crippen molar-refractivity contribution >= 4 is 23.5 Å². The minimum atomic E-state index is -1.89. The molecule has 12 atom stereocenters. The molecule has 4 aromatic rings. The largest absolute Gasteiger partial charge is 0.507 e. The minimum absolute atomic E-state index is 0.0404. The first-order chi connectivity index (χ1) is 28.5. The van der Waals surface area contributed by atoms with Crippen molar-refractivity contribution in [1.29, 1.82) is 0 Å². The van der Waals surface area contributed by atoms with Crippen molar-refractivity contribution in [3.63, 3.8) is 0 Å². The highest BCUT2D eigenvalue weighted by molar-refractivity contribution is 6.18. The summed E-state index contributed by atoms with van der Waals surface area (Å²) in [6, 6.07) is 12.3. The molecule has 2 aliphatic heterocycles. The first-order valence-electron chi connectivity index (χ1n) is 18.7. The highest BCUT2D eigenvalue weighted by Gasteiger charge is 2.51. The fourth-order valence-corrected chi connectivity index (χ4v) is 9.24. The Kier molecular flexibility index (Phi) is 10.4. The number of aromatic hydroxyl groups is 2. The number of carboxylic acid groups (broad SMARTS) is 2. The van der Waals surface area contributed by atoms with Crippen LogP contribution in [-0.2, 0) is 9.47 Å². The van der Waals surface area contributed by atoms with Crippen LogP contribution in [0, 0.1) is 0 Å². The Morgan fingerprint density at radius 2 is 0.833 bits per heavy atom. The molecular formula is C42H38O18. The van der Waals surface area contributed by atoms with Gasteiger partial charge < -0.3 is 70.8 Å². The molecule has 0 unspecified atom stereocenters. The molecule has 314 valence electrons. The molecule has 4 aliphatic rings. The van der Waals surface area contributed by atoms with Gasteiger partial charge in [0.1, 0.15) is 72.5 Å². The van der Waals surface area contributed by atoms with Gasteiger partial charge in [0.2, 0.25) is 0 Å². The number of phenols is 2. The van der Waals surface area contributed by atoms with E-state index in [4.69, 9.17) is 9.47 Å². The van der Waals surface area contributed by atoms with E-state index >= 15 is 0 Å².